The summed E-state index contributed by atoms with van der Waals surface area (Å²) < 4.78 is 0. The molecule has 8 heteroatoms. The van der Waals surface area contributed by atoms with Crippen LogP contribution in [0.25, 0.3) is 0 Å². The van der Waals surface area contributed by atoms with Crippen LogP contribution >= 0.6 is 0 Å². The molecule has 2 amide bonds. The number of aliphatic carboxylic acids is 1. The number of carbonyl (C=O) groups excluding carboxylic acids is 2. The van der Waals surface area contributed by atoms with Crippen LogP contribution in [0.1, 0.15) is 44.6 Å². The second-order valence-electron chi connectivity index (χ2n) is 7.54. The molecule has 27 heavy (non-hydrogen) atoms. The molecule has 3 rings (SSSR count). The van der Waals surface area contributed by atoms with Gasteiger partial charge in [0.2, 0.25) is 5.91 Å². The molecule has 1 saturated heterocycles. The normalized spacial score (nSPS) is 26.5. The van der Waals surface area contributed by atoms with Crippen LogP contribution in [-0.2, 0) is 19.8 Å². The molecule has 1 aromatic carbocycles. The van der Waals surface area contributed by atoms with Gasteiger partial charge in [0.15, 0.2) is 0 Å². The third-order valence-corrected chi connectivity index (χ3v) is 5.68. The molecule has 1 heterocycles. The maximum atomic E-state index is 12.4. The number of amides is 2. The summed E-state index contributed by atoms with van der Waals surface area (Å²) in [5.41, 5.74) is 10.1. The van der Waals surface area contributed by atoms with Crippen molar-refractivity contribution in [3.05, 3.63) is 35.9 Å². The first-order valence-electron chi connectivity index (χ1n) is 9.30. The summed E-state index contributed by atoms with van der Waals surface area (Å²) in [7, 11) is 0. The van der Waals surface area contributed by atoms with Gasteiger partial charge >= 0.3 is 5.97 Å². The molecule has 8 nitrogen and oxygen atoms in total. The highest BCUT2D eigenvalue weighted by atomic mass is 16.4. The topological polar surface area (TPSA) is 120 Å². The number of hydrazine groups is 2. The van der Waals surface area contributed by atoms with E-state index in [1.54, 1.807) is 30.3 Å². The van der Waals surface area contributed by atoms with E-state index in [0.29, 0.717) is 5.56 Å². The standard InChI is InChI=1S/C19H26N4O4/c1-19(18(26)27,12-7-3-2-4-8-12)11-15(24)21-23-17(25)16-13-9-5-6-10-14(13)20-22-16/h2-4,7-8,13-14,16,20,22H,5-6,9-11H2,1H3,(H,21,24)(H,23,25)(H,26,27). The van der Waals surface area contributed by atoms with E-state index in [-0.39, 0.29) is 24.3 Å². The summed E-state index contributed by atoms with van der Waals surface area (Å²) in [4.78, 5) is 36.5. The van der Waals surface area contributed by atoms with Gasteiger partial charge in [-0.1, -0.05) is 43.2 Å². The van der Waals surface area contributed by atoms with Gasteiger partial charge in [0.05, 0.1) is 5.41 Å². The Balaban J connectivity index is 1.57. The Hall–Kier alpha value is -2.45. The van der Waals surface area contributed by atoms with Gasteiger partial charge in [-0.3, -0.25) is 30.7 Å². The fraction of sp³-hybridized carbons (Fsp3) is 0.526. The SMILES string of the molecule is CC(CC(=O)NNC(=O)C1NNC2CCCCC21)(C(=O)O)c1ccccc1. The maximum absolute atomic E-state index is 12.4. The van der Waals surface area contributed by atoms with E-state index in [9.17, 15) is 19.5 Å². The quantitative estimate of drug-likeness (QED) is 0.482. The van der Waals surface area contributed by atoms with E-state index in [0.717, 1.165) is 25.7 Å². The number of benzene rings is 1. The highest BCUT2D eigenvalue weighted by molar-refractivity contribution is 5.90. The van der Waals surface area contributed by atoms with Gasteiger partial charge in [-0.2, -0.15) is 0 Å². The van der Waals surface area contributed by atoms with E-state index in [4.69, 9.17) is 0 Å². The minimum absolute atomic E-state index is 0.198. The number of fused-ring (bicyclic) bond motifs is 1. The second kappa shape index (κ2) is 8.06. The number of carboxylic acid groups (broad SMARTS) is 1. The number of hydrogen-bond acceptors (Lipinski definition) is 5. The molecule has 1 aliphatic heterocycles. The summed E-state index contributed by atoms with van der Waals surface area (Å²) in [6.45, 7) is 1.50. The van der Waals surface area contributed by atoms with Crippen LogP contribution in [0.5, 0.6) is 0 Å². The summed E-state index contributed by atoms with van der Waals surface area (Å²) in [5.74, 6) is -1.77. The van der Waals surface area contributed by atoms with Crippen molar-refractivity contribution < 1.29 is 19.5 Å². The van der Waals surface area contributed by atoms with Gasteiger partial charge in [-0.25, -0.2) is 5.43 Å². The monoisotopic (exact) mass is 374 g/mol. The fourth-order valence-electron chi connectivity index (χ4n) is 3.98. The molecular formula is C19H26N4O4. The third kappa shape index (κ3) is 4.12. The molecule has 0 aromatic heterocycles. The van der Waals surface area contributed by atoms with Crippen LogP contribution in [0, 0.1) is 5.92 Å². The molecule has 146 valence electrons. The van der Waals surface area contributed by atoms with E-state index in [1.807, 2.05) is 0 Å². The average Bonchev–Trinajstić information content (AvgIpc) is 3.11. The maximum Gasteiger partial charge on any atom is 0.314 e. The zero-order valence-corrected chi connectivity index (χ0v) is 15.3. The zero-order valence-electron chi connectivity index (χ0n) is 15.3. The van der Waals surface area contributed by atoms with Gasteiger partial charge < -0.3 is 5.11 Å². The number of hydrogen-bond donors (Lipinski definition) is 5. The van der Waals surface area contributed by atoms with Crippen LogP contribution < -0.4 is 21.7 Å². The molecule has 4 atom stereocenters. The number of nitrogens with one attached hydrogen (secondary N) is 4. The molecular weight excluding hydrogens is 348 g/mol. The summed E-state index contributed by atoms with van der Waals surface area (Å²) in [6, 6.07) is 8.47. The lowest BCUT2D eigenvalue weighted by atomic mass is 9.79. The minimum atomic E-state index is -1.38. The number of rotatable bonds is 5. The van der Waals surface area contributed by atoms with Crippen molar-refractivity contribution in [1.29, 1.82) is 0 Å². The van der Waals surface area contributed by atoms with Crippen LogP contribution in [-0.4, -0.2) is 35.0 Å². The molecule has 0 radical (unpaired) electrons. The highest BCUT2D eigenvalue weighted by Gasteiger charge is 2.41. The van der Waals surface area contributed by atoms with Gasteiger partial charge in [-0.05, 0) is 25.3 Å². The van der Waals surface area contributed by atoms with E-state index in [1.165, 1.54) is 6.92 Å². The number of carbonyl (C=O) groups is 3. The molecule has 1 aromatic rings. The van der Waals surface area contributed by atoms with Gasteiger partial charge in [0.1, 0.15) is 6.04 Å². The predicted octanol–water partition coefficient (Wildman–Crippen LogP) is 0.602. The third-order valence-electron chi connectivity index (χ3n) is 5.68. The van der Waals surface area contributed by atoms with Crippen LogP contribution in [0.2, 0.25) is 0 Å². The first kappa shape index (κ1) is 19.3. The Bertz CT molecular complexity index is 711. The van der Waals surface area contributed by atoms with E-state index < -0.39 is 23.3 Å². The van der Waals surface area contributed by atoms with Crippen molar-refractivity contribution in [3.63, 3.8) is 0 Å². The molecule has 1 aliphatic carbocycles. The second-order valence-corrected chi connectivity index (χ2v) is 7.54. The first-order chi connectivity index (χ1) is 12.9. The van der Waals surface area contributed by atoms with Gasteiger partial charge in [-0.15, -0.1) is 0 Å². The molecule has 2 aliphatic rings. The molecule has 5 N–H and O–H groups in total. The van der Waals surface area contributed by atoms with Crippen LogP contribution in [0.3, 0.4) is 0 Å². The molecule has 0 spiro atoms. The molecule has 0 bridgehead atoms. The van der Waals surface area contributed by atoms with Crippen LogP contribution in [0.15, 0.2) is 30.3 Å². The molecule has 4 unspecified atom stereocenters. The largest absolute Gasteiger partial charge is 0.481 e. The van der Waals surface area contributed by atoms with Crippen molar-refractivity contribution in [2.45, 2.75) is 56.5 Å². The van der Waals surface area contributed by atoms with E-state index in [2.05, 4.69) is 21.7 Å². The lowest BCUT2D eigenvalue weighted by Gasteiger charge is -2.27. The minimum Gasteiger partial charge on any atom is -0.481 e. The Morgan fingerprint density at radius 2 is 1.81 bits per heavy atom. The summed E-state index contributed by atoms with van der Waals surface area (Å²) >= 11 is 0. The first-order valence-corrected chi connectivity index (χ1v) is 9.30. The van der Waals surface area contributed by atoms with E-state index >= 15 is 0 Å². The lowest BCUT2D eigenvalue weighted by Crippen LogP contribution is -2.53. The molecule has 1 saturated carbocycles. The lowest BCUT2D eigenvalue weighted by molar-refractivity contribution is -0.145. The predicted molar refractivity (Wildman–Crippen MR) is 98.1 cm³/mol. The summed E-state index contributed by atoms with van der Waals surface area (Å²) in [5, 5.41) is 9.63. The van der Waals surface area contributed by atoms with Crippen molar-refractivity contribution in [1.82, 2.24) is 21.7 Å². The summed E-state index contributed by atoms with van der Waals surface area (Å²) in [6.07, 6.45) is 3.95. The van der Waals surface area contributed by atoms with Crippen molar-refractivity contribution in [3.8, 4) is 0 Å². The van der Waals surface area contributed by atoms with Gasteiger partial charge in [0, 0.05) is 18.4 Å². The Labute approximate surface area is 158 Å². The number of carboxylic acids is 1. The fourth-order valence-corrected chi connectivity index (χ4v) is 3.98. The Kier molecular flexibility index (Phi) is 5.76. The zero-order chi connectivity index (χ0) is 19.4. The highest BCUT2D eigenvalue weighted by Crippen LogP contribution is 2.30. The Morgan fingerprint density at radius 1 is 1.11 bits per heavy atom. The van der Waals surface area contributed by atoms with Crippen LogP contribution in [0.4, 0.5) is 0 Å². The average molecular weight is 374 g/mol. The smallest absolute Gasteiger partial charge is 0.314 e. The Morgan fingerprint density at radius 3 is 2.52 bits per heavy atom. The van der Waals surface area contributed by atoms with Crippen molar-refractivity contribution >= 4 is 17.8 Å². The van der Waals surface area contributed by atoms with Crippen molar-refractivity contribution in [2.24, 2.45) is 5.92 Å². The molecule has 2 fully saturated rings. The van der Waals surface area contributed by atoms with Gasteiger partial charge in [0.25, 0.3) is 5.91 Å². The van der Waals surface area contributed by atoms with Crippen molar-refractivity contribution in [2.75, 3.05) is 0 Å².